The van der Waals surface area contributed by atoms with Gasteiger partial charge in [-0.25, -0.2) is 0 Å². The smallest absolute Gasteiger partial charge is 0.251 e. The molecule has 0 aliphatic carbocycles. The molecule has 21 heavy (non-hydrogen) atoms. The lowest BCUT2D eigenvalue weighted by atomic mass is 10.1. The van der Waals surface area contributed by atoms with E-state index in [0.717, 1.165) is 11.1 Å². The number of nitrogens with zero attached hydrogens (tertiary/aromatic N) is 3. The predicted molar refractivity (Wildman–Crippen MR) is 83.5 cm³/mol. The first kappa shape index (κ1) is 13.6. The van der Waals surface area contributed by atoms with Crippen molar-refractivity contribution >= 4 is 11.6 Å². The van der Waals surface area contributed by atoms with Gasteiger partial charge in [-0.3, -0.25) is 9.48 Å². The number of benzene rings is 1. The van der Waals surface area contributed by atoms with Crippen LogP contribution in [0, 0.1) is 0 Å². The predicted octanol–water partition coefficient (Wildman–Crippen LogP) is 2.95. The van der Waals surface area contributed by atoms with Gasteiger partial charge in [-0.05, 0) is 5.56 Å². The molecule has 0 unspecified atom stereocenters. The molecule has 3 aromatic rings. The number of halogens is 1. The second-order valence-electron chi connectivity index (χ2n) is 4.90. The summed E-state index contributed by atoms with van der Waals surface area (Å²) in [7, 11) is 1.70. The van der Waals surface area contributed by atoms with Crippen LogP contribution in [0.25, 0.3) is 11.1 Å². The van der Waals surface area contributed by atoms with Crippen molar-refractivity contribution in [3.63, 3.8) is 0 Å². The minimum Gasteiger partial charge on any atom is -0.318 e. The Bertz CT molecular complexity index is 821. The molecule has 0 fully saturated rings. The van der Waals surface area contributed by atoms with Crippen molar-refractivity contribution in [2.75, 3.05) is 0 Å². The fourth-order valence-corrected chi connectivity index (χ4v) is 2.43. The summed E-state index contributed by atoms with van der Waals surface area (Å²) >= 11 is 6.16. The number of rotatable bonds is 3. The van der Waals surface area contributed by atoms with Crippen LogP contribution in [0.4, 0.5) is 0 Å². The van der Waals surface area contributed by atoms with Gasteiger partial charge < -0.3 is 4.57 Å². The summed E-state index contributed by atoms with van der Waals surface area (Å²) in [6.07, 6.45) is 5.42. The summed E-state index contributed by atoms with van der Waals surface area (Å²) in [5.41, 5.74) is 2.75. The summed E-state index contributed by atoms with van der Waals surface area (Å²) in [4.78, 5) is 11.5. The molecule has 0 amide bonds. The summed E-state index contributed by atoms with van der Waals surface area (Å²) < 4.78 is 3.36. The first-order chi connectivity index (χ1) is 10.1. The van der Waals surface area contributed by atoms with Gasteiger partial charge in [-0.1, -0.05) is 41.9 Å². The van der Waals surface area contributed by atoms with E-state index in [1.54, 1.807) is 19.4 Å². The molecule has 2 aromatic heterocycles. The van der Waals surface area contributed by atoms with Crippen LogP contribution in [0.5, 0.6) is 0 Å². The molecule has 0 atom stereocenters. The number of hydrogen-bond donors (Lipinski definition) is 0. The van der Waals surface area contributed by atoms with Crippen LogP contribution in [-0.4, -0.2) is 14.3 Å². The quantitative estimate of drug-likeness (QED) is 0.746. The first-order valence-electron chi connectivity index (χ1n) is 6.56. The fourth-order valence-electron chi connectivity index (χ4n) is 2.18. The molecule has 3 rings (SSSR count). The van der Waals surface area contributed by atoms with Gasteiger partial charge in [0.1, 0.15) is 0 Å². The maximum atomic E-state index is 11.5. The summed E-state index contributed by atoms with van der Waals surface area (Å²) in [5, 5.41) is 4.79. The third-order valence-corrected chi connectivity index (χ3v) is 3.62. The highest BCUT2D eigenvalue weighted by Crippen LogP contribution is 2.25. The number of aromatic nitrogens is 3. The Hall–Kier alpha value is -2.33. The van der Waals surface area contributed by atoms with Gasteiger partial charge in [0.05, 0.1) is 17.8 Å². The standard InChI is InChI=1S/C16H14ClN3O/c1-19-11-14(15(17)7-16(19)21)13-8-18-20(10-13)9-12-5-3-2-4-6-12/h2-8,10-11H,9H2,1H3. The fraction of sp³-hybridized carbons (Fsp3) is 0.125. The molecular weight excluding hydrogens is 286 g/mol. The van der Waals surface area contributed by atoms with Crippen LogP contribution in [0.15, 0.2) is 59.8 Å². The van der Waals surface area contributed by atoms with Gasteiger partial charge in [0.25, 0.3) is 5.56 Å². The van der Waals surface area contributed by atoms with Crippen LogP contribution in [0.1, 0.15) is 5.56 Å². The van der Waals surface area contributed by atoms with Gasteiger partial charge >= 0.3 is 0 Å². The second kappa shape index (κ2) is 5.58. The van der Waals surface area contributed by atoms with E-state index in [1.807, 2.05) is 29.1 Å². The maximum Gasteiger partial charge on any atom is 0.251 e. The molecule has 4 nitrogen and oxygen atoms in total. The molecule has 0 radical (unpaired) electrons. The van der Waals surface area contributed by atoms with Gasteiger partial charge in [0.2, 0.25) is 0 Å². The Morgan fingerprint density at radius 3 is 2.71 bits per heavy atom. The van der Waals surface area contributed by atoms with Crippen LogP contribution in [0.2, 0.25) is 5.02 Å². The van der Waals surface area contributed by atoms with E-state index in [4.69, 9.17) is 11.6 Å². The van der Waals surface area contributed by atoms with Crippen LogP contribution >= 0.6 is 11.6 Å². The third kappa shape index (κ3) is 2.90. The van der Waals surface area contributed by atoms with Crippen molar-refractivity contribution in [3.8, 4) is 11.1 Å². The van der Waals surface area contributed by atoms with E-state index in [1.165, 1.54) is 16.2 Å². The average molecular weight is 300 g/mol. The number of hydrogen-bond acceptors (Lipinski definition) is 2. The second-order valence-corrected chi connectivity index (χ2v) is 5.30. The van der Waals surface area contributed by atoms with Crippen molar-refractivity contribution in [3.05, 3.63) is 75.9 Å². The Balaban J connectivity index is 1.92. The molecule has 1 aromatic carbocycles. The minimum absolute atomic E-state index is 0.125. The zero-order chi connectivity index (χ0) is 14.8. The summed E-state index contributed by atoms with van der Waals surface area (Å²) in [6, 6.07) is 11.5. The highest BCUT2D eigenvalue weighted by Gasteiger charge is 2.08. The first-order valence-corrected chi connectivity index (χ1v) is 6.94. The Kier molecular flexibility index (Phi) is 3.62. The van der Waals surface area contributed by atoms with Crippen molar-refractivity contribution < 1.29 is 0 Å². The van der Waals surface area contributed by atoms with Gasteiger partial charge in [0, 0.05) is 36.6 Å². The lowest BCUT2D eigenvalue weighted by Crippen LogP contribution is -2.14. The van der Waals surface area contributed by atoms with Crippen LogP contribution < -0.4 is 5.56 Å². The maximum absolute atomic E-state index is 11.5. The molecule has 0 saturated carbocycles. The topological polar surface area (TPSA) is 39.8 Å². The number of pyridine rings is 1. The highest BCUT2D eigenvalue weighted by atomic mass is 35.5. The highest BCUT2D eigenvalue weighted by molar-refractivity contribution is 6.33. The van der Waals surface area contributed by atoms with E-state index < -0.39 is 0 Å². The van der Waals surface area contributed by atoms with E-state index in [0.29, 0.717) is 11.6 Å². The SMILES string of the molecule is Cn1cc(-c2cnn(Cc3ccccc3)c2)c(Cl)cc1=O. The van der Waals surface area contributed by atoms with Crippen molar-refractivity contribution in [2.45, 2.75) is 6.54 Å². The molecule has 106 valence electrons. The van der Waals surface area contributed by atoms with E-state index in [2.05, 4.69) is 17.2 Å². The van der Waals surface area contributed by atoms with Crippen LogP contribution in [0.3, 0.4) is 0 Å². The molecule has 5 heteroatoms. The van der Waals surface area contributed by atoms with Crippen molar-refractivity contribution in [1.29, 1.82) is 0 Å². The normalized spacial score (nSPS) is 10.8. The zero-order valence-corrected chi connectivity index (χ0v) is 12.3. The molecular formula is C16H14ClN3O. The Labute approximate surface area is 127 Å². The molecule has 0 N–H and O–H groups in total. The average Bonchev–Trinajstić information content (AvgIpc) is 2.92. The summed E-state index contributed by atoms with van der Waals surface area (Å²) in [6.45, 7) is 0.699. The minimum atomic E-state index is -0.125. The van der Waals surface area contributed by atoms with Crippen molar-refractivity contribution in [2.24, 2.45) is 7.05 Å². The molecule has 0 aliphatic rings. The number of aryl methyl sites for hydroxylation is 1. The molecule has 0 aliphatic heterocycles. The molecule has 0 bridgehead atoms. The summed E-state index contributed by atoms with van der Waals surface area (Å²) in [5.74, 6) is 0. The van der Waals surface area contributed by atoms with Gasteiger partial charge in [-0.2, -0.15) is 5.10 Å². The van der Waals surface area contributed by atoms with Crippen molar-refractivity contribution in [1.82, 2.24) is 14.3 Å². The van der Waals surface area contributed by atoms with E-state index in [-0.39, 0.29) is 5.56 Å². The van der Waals surface area contributed by atoms with E-state index >= 15 is 0 Å². The van der Waals surface area contributed by atoms with Gasteiger partial charge in [0.15, 0.2) is 0 Å². The third-order valence-electron chi connectivity index (χ3n) is 3.31. The Morgan fingerprint density at radius 2 is 1.95 bits per heavy atom. The lowest BCUT2D eigenvalue weighted by Gasteiger charge is -2.04. The molecule has 0 saturated heterocycles. The van der Waals surface area contributed by atoms with E-state index in [9.17, 15) is 4.79 Å². The molecule has 0 spiro atoms. The Morgan fingerprint density at radius 1 is 1.19 bits per heavy atom. The monoisotopic (exact) mass is 299 g/mol. The van der Waals surface area contributed by atoms with Crippen LogP contribution in [-0.2, 0) is 13.6 Å². The largest absolute Gasteiger partial charge is 0.318 e. The molecule has 2 heterocycles. The lowest BCUT2D eigenvalue weighted by molar-refractivity contribution is 0.687. The zero-order valence-electron chi connectivity index (χ0n) is 11.5. The van der Waals surface area contributed by atoms with Gasteiger partial charge in [-0.15, -0.1) is 0 Å².